The minimum atomic E-state index is -3.15. The van der Waals surface area contributed by atoms with Crippen molar-refractivity contribution < 1.29 is 18.6 Å². The maximum Gasteiger partial charge on any atom is 0.301 e. The van der Waals surface area contributed by atoms with Crippen LogP contribution in [0.1, 0.15) is 0 Å². The van der Waals surface area contributed by atoms with Crippen LogP contribution < -0.4 is 5.32 Å². The fourth-order valence-electron chi connectivity index (χ4n) is 1.05. The van der Waals surface area contributed by atoms with E-state index >= 15 is 0 Å². The van der Waals surface area contributed by atoms with E-state index in [-0.39, 0.29) is 13.1 Å². The van der Waals surface area contributed by atoms with Crippen LogP contribution in [0.15, 0.2) is 0 Å². The van der Waals surface area contributed by atoms with Gasteiger partial charge < -0.3 is 15.2 Å². The molecule has 1 aliphatic rings. The van der Waals surface area contributed by atoms with Crippen molar-refractivity contribution in [1.29, 1.82) is 0 Å². The van der Waals surface area contributed by atoms with E-state index in [4.69, 9.17) is 5.11 Å². The van der Waals surface area contributed by atoms with Crippen molar-refractivity contribution in [2.75, 3.05) is 26.8 Å². The summed E-state index contributed by atoms with van der Waals surface area (Å²) in [5.41, 5.74) is -1.48. The number of hydrogen-bond acceptors (Lipinski definition) is 3. The van der Waals surface area contributed by atoms with Crippen LogP contribution in [-0.2, 0) is 4.74 Å². The number of hydrogen-bond donors (Lipinski definition) is 2. The van der Waals surface area contributed by atoms with Crippen LogP contribution in [0.3, 0.4) is 0 Å². The van der Waals surface area contributed by atoms with E-state index in [1.54, 1.807) is 0 Å². The molecule has 0 radical (unpaired) electrons. The molecular weight excluding hydrogens is 156 g/mol. The fourth-order valence-corrected chi connectivity index (χ4v) is 1.05. The van der Waals surface area contributed by atoms with Crippen molar-refractivity contribution in [2.45, 2.75) is 11.5 Å². The number of halogens is 2. The number of nitrogens with one attached hydrogen (secondary N) is 1. The number of rotatable bonds is 3. The van der Waals surface area contributed by atoms with Crippen molar-refractivity contribution in [3.8, 4) is 0 Å². The number of methoxy groups -OCH3 is 1. The molecule has 0 bridgehead atoms. The third kappa shape index (κ3) is 1.13. The van der Waals surface area contributed by atoms with Crippen molar-refractivity contribution in [3.63, 3.8) is 0 Å². The van der Waals surface area contributed by atoms with E-state index in [0.717, 1.165) is 0 Å². The maximum absolute atomic E-state index is 12.8. The molecule has 1 saturated heterocycles. The van der Waals surface area contributed by atoms with Crippen molar-refractivity contribution in [1.82, 2.24) is 5.32 Å². The molecule has 0 spiro atoms. The second-order valence-corrected chi connectivity index (χ2v) is 2.66. The normalized spacial score (nSPS) is 22.9. The highest BCUT2D eigenvalue weighted by molar-refractivity contribution is 5.04. The minimum Gasteiger partial charge on any atom is -0.390 e. The zero-order chi connectivity index (χ0) is 8.54. The lowest BCUT2D eigenvalue weighted by molar-refractivity contribution is -0.232. The highest BCUT2D eigenvalue weighted by Crippen LogP contribution is 2.34. The molecule has 1 rings (SSSR count). The number of ether oxygens (including phenoxy) is 1. The van der Waals surface area contributed by atoms with Crippen LogP contribution in [0.25, 0.3) is 0 Å². The van der Waals surface area contributed by atoms with E-state index < -0.39 is 18.1 Å². The molecule has 0 aliphatic carbocycles. The number of aliphatic hydroxyl groups excluding tert-OH is 1. The summed E-state index contributed by atoms with van der Waals surface area (Å²) in [6.07, 6.45) is 0. The predicted molar refractivity (Wildman–Crippen MR) is 34.6 cm³/mol. The van der Waals surface area contributed by atoms with E-state index in [0.29, 0.717) is 0 Å². The summed E-state index contributed by atoms with van der Waals surface area (Å²) >= 11 is 0. The lowest BCUT2D eigenvalue weighted by Crippen LogP contribution is -2.71. The van der Waals surface area contributed by atoms with Gasteiger partial charge in [-0.15, -0.1) is 0 Å². The molecule has 66 valence electrons. The Morgan fingerprint density at radius 2 is 2.18 bits per heavy atom. The molecule has 3 nitrogen and oxygen atoms in total. The Morgan fingerprint density at radius 1 is 1.64 bits per heavy atom. The van der Waals surface area contributed by atoms with Crippen LogP contribution in [0.4, 0.5) is 8.78 Å². The van der Waals surface area contributed by atoms with Gasteiger partial charge in [-0.05, 0) is 0 Å². The molecule has 11 heavy (non-hydrogen) atoms. The highest BCUT2D eigenvalue weighted by Gasteiger charge is 2.57. The van der Waals surface area contributed by atoms with Gasteiger partial charge in [0.1, 0.15) is 6.61 Å². The topological polar surface area (TPSA) is 41.5 Å². The summed E-state index contributed by atoms with van der Waals surface area (Å²) in [5.74, 6) is -3.15. The van der Waals surface area contributed by atoms with E-state index in [2.05, 4.69) is 10.1 Å². The lowest BCUT2D eigenvalue weighted by atomic mass is 9.89. The van der Waals surface area contributed by atoms with Crippen LogP contribution in [0, 0.1) is 0 Å². The monoisotopic (exact) mass is 167 g/mol. The third-order valence-electron chi connectivity index (χ3n) is 2.08. The molecule has 0 saturated carbocycles. The predicted octanol–water partition coefficient (Wildman–Crippen LogP) is -0.398. The van der Waals surface area contributed by atoms with Gasteiger partial charge in [0.2, 0.25) is 0 Å². The first-order valence-electron chi connectivity index (χ1n) is 3.32. The zero-order valence-electron chi connectivity index (χ0n) is 6.23. The molecule has 2 N–H and O–H groups in total. The summed E-state index contributed by atoms with van der Waals surface area (Å²) in [6, 6.07) is 0. The average molecular weight is 167 g/mol. The van der Waals surface area contributed by atoms with Gasteiger partial charge in [-0.3, -0.25) is 0 Å². The largest absolute Gasteiger partial charge is 0.390 e. The molecule has 0 aromatic rings. The van der Waals surface area contributed by atoms with Crippen LogP contribution in [-0.4, -0.2) is 43.4 Å². The van der Waals surface area contributed by atoms with Gasteiger partial charge in [0.05, 0.1) is 0 Å². The van der Waals surface area contributed by atoms with Crippen molar-refractivity contribution >= 4 is 0 Å². The van der Waals surface area contributed by atoms with Crippen LogP contribution in [0.5, 0.6) is 0 Å². The first-order valence-corrected chi connectivity index (χ1v) is 3.32. The Morgan fingerprint density at radius 3 is 2.27 bits per heavy atom. The standard InChI is InChI=1S/C6H11F2NO2/c1-11-5(2-9-3-5)6(7,8)4-10/h9-10H,2-4H2,1H3. The molecule has 0 atom stereocenters. The Bertz CT molecular complexity index is 142. The maximum atomic E-state index is 12.8. The van der Waals surface area contributed by atoms with Gasteiger partial charge in [0.25, 0.3) is 0 Å². The molecule has 0 amide bonds. The second-order valence-electron chi connectivity index (χ2n) is 2.66. The zero-order valence-corrected chi connectivity index (χ0v) is 6.23. The Labute approximate surface area is 63.3 Å². The van der Waals surface area contributed by atoms with Gasteiger partial charge in [-0.1, -0.05) is 0 Å². The third-order valence-corrected chi connectivity index (χ3v) is 2.08. The quantitative estimate of drug-likeness (QED) is 0.601. The molecule has 0 aromatic carbocycles. The molecule has 1 aliphatic heterocycles. The highest BCUT2D eigenvalue weighted by atomic mass is 19.3. The minimum absolute atomic E-state index is 0.0943. The van der Waals surface area contributed by atoms with Gasteiger partial charge in [-0.2, -0.15) is 0 Å². The lowest BCUT2D eigenvalue weighted by Gasteiger charge is -2.45. The summed E-state index contributed by atoms with van der Waals surface area (Å²) in [4.78, 5) is 0. The smallest absolute Gasteiger partial charge is 0.301 e. The summed E-state index contributed by atoms with van der Waals surface area (Å²) in [6.45, 7) is -0.976. The fraction of sp³-hybridized carbons (Fsp3) is 1.00. The van der Waals surface area contributed by atoms with Gasteiger partial charge in [0, 0.05) is 20.2 Å². The summed E-state index contributed by atoms with van der Waals surface area (Å²) < 4.78 is 30.3. The number of alkyl halides is 2. The van der Waals surface area contributed by atoms with E-state index in [1.165, 1.54) is 7.11 Å². The molecule has 1 fully saturated rings. The Balaban J connectivity index is 2.68. The average Bonchev–Trinajstić information content (AvgIpc) is 1.86. The molecular formula is C6H11F2NO2. The van der Waals surface area contributed by atoms with Gasteiger partial charge >= 0.3 is 5.92 Å². The summed E-state index contributed by atoms with van der Waals surface area (Å²) in [7, 11) is 1.23. The molecule has 5 heteroatoms. The second kappa shape index (κ2) is 2.66. The van der Waals surface area contributed by atoms with Gasteiger partial charge in [-0.25, -0.2) is 8.78 Å². The van der Waals surface area contributed by atoms with Crippen molar-refractivity contribution in [2.24, 2.45) is 0 Å². The molecule has 0 aromatic heterocycles. The Hall–Kier alpha value is -0.260. The van der Waals surface area contributed by atoms with Crippen LogP contribution in [0.2, 0.25) is 0 Å². The van der Waals surface area contributed by atoms with E-state index in [9.17, 15) is 8.78 Å². The van der Waals surface area contributed by atoms with Crippen LogP contribution >= 0.6 is 0 Å². The molecule has 0 unspecified atom stereocenters. The summed E-state index contributed by atoms with van der Waals surface area (Å²) in [5, 5.41) is 11.0. The number of aliphatic hydroxyl groups is 1. The Kier molecular flexibility index (Phi) is 2.13. The van der Waals surface area contributed by atoms with E-state index in [1.807, 2.05) is 0 Å². The SMILES string of the molecule is COC1(C(F)(F)CO)CNC1. The molecule has 1 heterocycles. The first-order chi connectivity index (χ1) is 5.08. The first kappa shape index (κ1) is 8.83. The van der Waals surface area contributed by atoms with Gasteiger partial charge in [0.15, 0.2) is 5.60 Å². The van der Waals surface area contributed by atoms with Crippen molar-refractivity contribution in [3.05, 3.63) is 0 Å².